The smallest absolute Gasteiger partial charge is 0.238 e. The molecule has 2 aromatic rings. The first kappa shape index (κ1) is 18.7. The van der Waals surface area contributed by atoms with Crippen molar-refractivity contribution in [2.24, 2.45) is 0 Å². The number of piperidine rings is 1. The van der Waals surface area contributed by atoms with Gasteiger partial charge in [-0.3, -0.25) is 9.69 Å². The molecule has 0 atom stereocenters. The second-order valence-electron chi connectivity index (χ2n) is 7.59. The maximum atomic E-state index is 12.4. The highest BCUT2D eigenvalue weighted by molar-refractivity contribution is 5.92. The summed E-state index contributed by atoms with van der Waals surface area (Å²) in [5.41, 5.74) is 2.13. The van der Waals surface area contributed by atoms with Gasteiger partial charge in [0.2, 0.25) is 5.91 Å². The van der Waals surface area contributed by atoms with E-state index in [1.807, 2.05) is 36.5 Å². The van der Waals surface area contributed by atoms with Crippen LogP contribution in [0, 0.1) is 0 Å². The number of carbonyl (C=O) groups is 1. The van der Waals surface area contributed by atoms with Gasteiger partial charge in [-0.15, -0.1) is 0 Å². The molecule has 0 spiro atoms. The van der Waals surface area contributed by atoms with Crippen molar-refractivity contribution in [2.45, 2.75) is 19.3 Å². The van der Waals surface area contributed by atoms with Gasteiger partial charge in [-0.1, -0.05) is 6.07 Å². The van der Waals surface area contributed by atoms with Gasteiger partial charge in [-0.05, 0) is 55.7 Å². The van der Waals surface area contributed by atoms with Crippen molar-refractivity contribution in [1.29, 1.82) is 0 Å². The molecule has 1 amide bonds. The molecule has 0 unspecified atom stereocenters. The maximum Gasteiger partial charge on any atom is 0.238 e. The lowest BCUT2D eigenvalue weighted by Gasteiger charge is -2.34. The number of aromatic nitrogens is 1. The number of benzene rings is 1. The molecule has 0 aliphatic carbocycles. The minimum Gasteiger partial charge on any atom is -0.372 e. The molecule has 2 saturated heterocycles. The second-order valence-corrected chi connectivity index (χ2v) is 7.59. The molecule has 28 heavy (non-hydrogen) atoms. The molecule has 148 valence electrons. The normalized spacial score (nSPS) is 18.1. The van der Waals surface area contributed by atoms with E-state index in [4.69, 9.17) is 0 Å². The number of piperazine rings is 1. The quantitative estimate of drug-likeness (QED) is 0.866. The number of nitrogens with zero attached hydrogens (tertiary/aromatic N) is 4. The van der Waals surface area contributed by atoms with Crippen molar-refractivity contribution in [2.75, 3.05) is 60.9 Å². The fraction of sp³-hybridized carbons (Fsp3) is 0.455. The number of amides is 1. The van der Waals surface area contributed by atoms with Crippen molar-refractivity contribution in [3.63, 3.8) is 0 Å². The molecule has 1 aromatic carbocycles. The summed E-state index contributed by atoms with van der Waals surface area (Å²) in [5, 5.41) is 3.04. The average Bonchev–Trinajstić information content (AvgIpc) is 2.76. The fourth-order valence-electron chi connectivity index (χ4n) is 3.99. The van der Waals surface area contributed by atoms with Gasteiger partial charge in [0, 0.05) is 56.8 Å². The number of pyridine rings is 1. The maximum absolute atomic E-state index is 12.4. The Balaban J connectivity index is 1.23. The fourth-order valence-corrected chi connectivity index (χ4v) is 3.99. The van der Waals surface area contributed by atoms with E-state index in [-0.39, 0.29) is 5.91 Å². The Bertz CT molecular complexity index is 750. The number of anilines is 3. The van der Waals surface area contributed by atoms with E-state index in [1.54, 1.807) is 0 Å². The van der Waals surface area contributed by atoms with Gasteiger partial charge in [-0.2, -0.15) is 0 Å². The minimum atomic E-state index is 0.0528. The van der Waals surface area contributed by atoms with Gasteiger partial charge in [0.1, 0.15) is 5.82 Å². The SMILES string of the molecule is O=C(CN1CCN(c2ccccn2)CC1)Nc1ccc(N2CCCCC2)cc1. The molecule has 6 heteroatoms. The molecule has 1 N–H and O–H groups in total. The van der Waals surface area contributed by atoms with E-state index in [1.165, 1.54) is 24.9 Å². The number of nitrogens with one attached hydrogen (secondary N) is 1. The zero-order valence-electron chi connectivity index (χ0n) is 16.4. The zero-order valence-corrected chi connectivity index (χ0v) is 16.4. The molecule has 2 fully saturated rings. The van der Waals surface area contributed by atoms with Crippen LogP contribution >= 0.6 is 0 Å². The Kier molecular flexibility index (Phi) is 6.07. The monoisotopic (exact) mass is 379 g/mol. The van der Waals surface area contributed by atoms with Crippen LogP contribution in [0.2, 0.25) is 0 Å². The van der Waals surface area contributed by atoms with Gasteiger partial charge < -0.3 is 15.1 Å². The predicted molar refractivity (Wildman–Crippen MR) is 114 cm³/mol. The molecular formula is C22H29N5O. The summed E-state index contributed by atoms with van der Waals surface area (Å²) in [5.74, 6) is 1.07. The highest BCUT2D eigenvalue weighted by Gasteiger charge is 2.20. The van der Waals surface area contributed by atoms with Crippen molar-refractivity contribution in [1.82, 2.24) is 9.88 Å². The second kappa shape index (κ2) is 9.06. The minimum absolute atomic E-state index is 0.0528. The van der Waals surface area contributed by atoms with Crippen LogP contribution in [-0.4, -0.2) is 61.6 Å². The Morgan fingerprint density at radius 1 is 0.857 bits per heavy atom. The Hall–Kier alpha value is -2.60. The number of rotatable bonds is 5. The van der Waals surface area contributed by atoms with Gasteiger partial charge in [0.15, 0.2) is 0 Å². The Morgan fingerprint density at radius 3 is 2.29 bits per heavy atom. The van der Waals surface area contributed by atoms with Crippen LogP contribution in [0.1, 0.15) is 19.3 Å². The lowest BCUT2D eigenvalue weighted by Crippen LogP contribution is -2.48. The molecule has 1 aromatic heterocycles. The Labute approximate surface area is 167 Å². The third kappa shape index (κ3) is 4.81. The number of hydrogen-bond acceptors (Lipinski definition) is 5. The largest absolute Gasteiger partial charge is 0.372 e. The molecule has 0 bridgehead atoms. The number of hydrogen-bond donors (Lipinski definition) is 1. The predicted octanol–water partition coefficient (Wildman–Crippen LogP) is 2.83. The molecule has 0 saturated carbocycles. The van der Waals surface area contributed by atoms with Crippen molar-refractivity contribution in [3.8, 4) is 0 Å². The lowest BCUT2D eigenvalue weighted by molar-refractivity contribution is -0.117. The highest BCUT2D eigenvalue weighted by Crippen LogP contribution is 2.22. The van der Waals surface area contributed by atoms with Crippen LogP contribution < -0.4 is 15.1 Å². The first-order valence-corrected chi connectivity index (χ1v) is 10.3. The number of carbonyl (C=O) groups excluding carboxylic acids is 1. The van der Waals surface area contributed by atoms with Gasteiger partial charge in [0.05, 0.1) is 6.54 Å². The summed E-state index contributed by atoms with van der Waals surface area (Å²) in [6.45, 7) is 6.25. The average molecular weight is 380 g/mol. The zero-order chi connectivity index (χ0) is 19.2. The third-order valence-electron chi connectivity index (χ3n) is 5.59. The lowest BCUT2D eigenvalue weighted by atomic mass is 10.1. The standard InChI is InChI=1S/C22H29N5O/c28-22(18-25-14-16-27(17-15-25)21-6-2-3-11-23-21)24-19-7-9-20(10-8-19)26-12-4-1-5-13-26/h2-3,6-11H,1,4-5,12-18H2,(H,24,28). The molecule has 2 aliphatic rings. The van der Waals surface area contributed by atoms with Gasteiger partial charge in [-0.25, -0.2) is 4.98 Å². The summed E-state index contributed by atoms with van der Waals surface area (Å²) < 4.78 is 0. The van der Waals surface area contributed by atoms with Crippen LogP contribution in [0.15, 0.2) is 48.7 Å². The summed E-state index contributed by atoms with van der Waals surface area (Å²) in [6.07, 6.45) is 5.70. The van der Waals surface area contributed by atoms with Gasteiger partial charge in [0.25, 0.3) is 0 Å². The molecule has 4 rings (SSSR count). The van der Waals surface area contributed by atoms with E-state index in [0.29, 0.717) is 6.54 Å². The summed E-state index contributed by atoms with van der Waals surface area (Å²) in [4.78, 5) is 23.7. The summed E-state index contributed by atoms with van der Waals surface area (Å²) in [6, 6.07) is 14.2. The van der Waals surface area contributed by atoms with Crippen molar-refractivity contribution in [3.05, 3.63) is 48.7 Å². The van der Waals surface area contributed by atoms with Crippen LogP contribution in [0.25, 0.3) is 0 Å². The molecular weight excluding hydrogens is 350 g/mol. The van der Waals surface area contributed by atoms with E-state index in [0.717, 1.165) is 50.8 Å². The highest BCUT2D eigenvalue weighted by atomic mass is 16.2. The van der Waals surface area contributed by atoms with Gasteiger partial charge >= 0.3 is 0 Å². The topological polar surface area (TPSA) is 51.7 Å². The van der Waals surface area contributed by atoms with E-state index in [2.05, 4.69) is 37.1 Å². The molecule has 0 radical (unpaired) electrons. The van der Waals surface area contributed by atoms with E-state index < -0.39 is 0 Å². The summed E-state index contributed by atoms with van der Waals surface area (Å²) in [7, 11) is 0. The van der Waals surface area contributed by atoms with Crippen LogP contribution in [0.3, 0.4) is 0 Å². The third-order valence-corrected chi connectivity index (χ3v) is 5.59. The van der Waals surface area contributed by atoms with E-state index >= 15 is 0 Å². The Morgan fingerprint density at radius 2 is 1.61 bits per heavy atom. The molecule has 2 aliphatic heterocycles. The van der Waals surface area contributed by atoms with E-state index in [9.17, 15) is 4.79 Å². The van der Waals surface area contributed by atoms with Crippen LogP contribution in [0.5, 0.6) is 0 Å². The first-order chi connectivity index (χ1) is 13.8. The molecule has 6 nitrogen and oxygen atoms in total. The first-order valence-electron chi connectivity index (χ1n) is 10.3. The van der Waals surface area contributed by atoms with Crippen molar-refractivity contribution < 1.29 is 4.79 Å². The summed E-state index contributed by atoms with van der Waals surface area (Å²) >= 11 is 0. The van der Waals surface area contributed by atoms with Crippen molar-refractivity contribution >= 4 is 23.1 Å². The molecule has 3 heterocycles. The van der Waals surface area contributed by atoms with Crippen LogP contribution in [-0.2, 0) is 4.79 Å². The van der Waals surface area contributed by atoms with Crippen LogP contribution in [0.4, 0.5) is 17.2 Å².